The number of hydrogen-bond acceptors (Lipinski definition) is 2. The van der Waals surface area contributed by atoms with Crippen LogP contribution in [-0.4, -0.2) is 29.1 Å². The van der Waals surface area contributed by atoms with Gasteiger partial charge in [-0.1, -0.05) is 12.8 Å². The molecule has 0 amide bonds. The SMILES string of the molecule is Cn1c(CCN)ccc1CN1CCCCCC1. The van der Waals surface area contributed by atoms with Gasteiger partial charge in [0.2, 0.25) is 0 Å². The van der Waals surface area contributed by atoms with Crippen molar-refractivity contribution in [3.05, 3.63) is 23.5 Å². The first-order valence-electron chi connectivity index (χ1n) is 6.87. The van der Waals surface area contributed by atoms with Crippen LogP contribution >= 0.6 is 0 Å². The molecule has 1 saturated heterocycles. The maximum Gasteiger partial charge on any atom is 0.0387 e. The minimum Gasteiger partial charge on any atom is -0.350 e. The Labute approximate surface area is 105 Å². The predicted molar refractivity (Wildman–Crippen MR) is 71.9 cm³/mol. The third kappa shape index (κ3) is 3.33. The van der Waals surface area contributed by atoms with E-state index in [1.807, 2.05) is 0 Å². The van der Waals surface area contributed by atoms with Crippen LogP contribution in [0, 0.1) is 0 Å². The Kier molecular flexibility index (Phi) is 4.63. The third-order valence-electron chi connectivity index (χ3n) is 3.81. The van der Waals surface area contributed by atoms with Crippen molar-refractivity contribution >= 4 is 0 Å². The number of nitrogens with two attached hydrogens (primary N) is 1. The Morgan fingerprint density at radius 3 is 2.35 bits per heavy atom. The van der Waals surface area contributed by atoms with E-state index >= 15 is 0 Å². The van der Waals surface area contributed by atoms with Crippen molar-refractivity contribution in [1.29, 1.82) is 0 Å². The molecule has 1 aliphatic heterocycles. The van der Waals surface area contributed by atoms with Crippen molar-refractivity contribution in [3.8, 4) is 0 Å². The fourth-order valence-corrected chi connectivity index (χ4v) is 2.68. The Hall–Kier alpha value is -0.800. The minimum atomic E-state index is 0.737. The fraction of sp³-hybridized carbons (Fsp3) is 0.714. The molecular weight excluding hydrogens is 210 g/mol. The summed E-state index contributed by atoms with van der Waals surface area (Å²) >= 11 is 0. The molecule has 1 aromatic rings. The molecule has 2 N–H and O–H groups in total. The number of nitrogens with zero attached hydrogens (tertiary/aromatic N) is 2. The molecule has 0 spiro atoms. The van der Waals surface area contributed by atoms with Crippen molar-refractivity contribution in [1.82, 2.24) is 9.47 Å². The van der Waals surface area contributed by atoms with Crippen LogP contribution in [0.4, 0.5) is 0 Å². The van der Waals surface area contributed by atoms with E-state index in [1.165, 1.54) is 50.2 Å². The maximum absolute atomic E-state index is 5.62. The monoisotopic (exact) mass is 235 g/mol. The van der Waals surface area contributed by atoms with Crippen LogP contribution in [-0.2, 0) is 20.0 Å². The Morgan fingerprint density at radius 2 is 1.71 bits per heavy atom. The Morgan fingerprint density at radius 1 is 1.06 bits per heavy atom. The van der Waals surface area contributed by atoms with Crippen LogP contribution in [0.3, 0.4) is 0 Å². The van der Waals surface area contributed by atoms with E-state index in [9.17, 15) is 0 Å². The van der Waals surface area contributed by atoms with Crippen LogP contribution in [0.25, 0.3) is 0 Å². The first-order chi connectivity index (χ1) is 8.31. The first kappa shape index (κ1) is 12.7. The predicted octanol–water partition coefficient (Wildman–Crippen LogP) is 1.90. The summed E-state index contributed by atoms with van der Waals surface area (Å²) in [5, 5.41) is 0. The van der Waals surface area contributed by atoms with E-state index in [-0.39, 0.29) is 0 Å². The molecule has 96 valence electrons. The summed E-state index contributed by atoms with van der Waals surface area (Å²) in [6, 6.07) is 4.48. The summed E-state index contributed by atoms with van der Waals surface area (Å²) < 4.78 is 2.32. The van der Waals surface area contributed by atoms with Crippen LogP contribution in [0.5, 0.6) is 0 Å². The van der Waals surface area contributed by atoms with Gasteiger partial charge in [-0.2, -0.15) is 0 Å². The highest BCUT2D eigenvalue weighted by molar-refractivity contribution is 5.16. The lowest BCUT2D eigenvalue weighted by molar-refractivity contribution is 0.270. The highest BCUT2D eigenvalue weighted by atomic mass is 15.1. The summed E-state index contributed by atoms with van der Waals surface area (Å²) in [4.78, 5) is 2.59. The largest absolute Gasteiger partial charge is 0.350 e. The van der Waals surface area contributed by atoms with Crippen molar-refractivity contribution in [2.75, 3.05) is 19.6 Å². The second-order valence-electron chi connectivity index (χ2n) is 5.10. The molecule has 2 rings (SSSR count). The van der Waals surface area contributed by atoms with Crippen LogP contribution < -0.4 is 5.73 Å². The second-order valence-corrected chi connectivity index (χ2v) is 5.10. The summed E-state index contributed by atoms with van der Waals surface area (Å²) in [5.74, 6) is 0. The lowest BCUT2D eigenvalue weighted by Gasteiger charge is -2.20. The Bertz CT molecular complexity index is 335. The third-order valence-corrected chi connectivity index (χ3v) is 3.81. The molecule has 0 saturated carbocycles. The first-order valence-corrected chi connectivity index (χ1v) is 6.87. The van der Waals surface area contributed by atoms with Gasteiger partial charge in [-0.25, -0.2) is 0 Å². The van der Waals surface area contributed by atoms with Gasteiger partial charge in [-0.3, -0.25) is 4.90 Å². The molecule has 0 unspecified atom stereocenters. The van der Waals surface area contributed by atoms with E-state index < -0.39 is 0 Å². The van der Waals surface area contributed by atoms with Gasteiger partial charge in [-0.15, -0.1) is 0 Å². The molecule has 3 heteroatoms. The zero-order valence-electron chi connectivity index (χ0n) is 11.0. The van der Waals surface area contributed by atoms with E-state index in [0.29, 0.717) is 0 Å². The number of likely N-dealkylation sites (tertiary alicyclic amines) is 1. The van der Waals surface area contributed by atoms with Gasteiger partial charge in [0.15, 0.2) is 0 Å². The summed E-state index contributed by atoms with van der Waals surface area (Å²) in [5.41, 5.74) is 8.40. The van der Waals surface area contributed by atoms with Gasteiger partial charge in [0.05, 0.1) is 0 Å². The fourth-order valence-electron chi connectivity index (χ4n) is 2.68. The molecule has 2 heterocycles. The molecule has 0 atom stereocenters. The highest BCUT2D eigenvalue weighted by Crippen LogP contribution is 2.15. The van der Waals surface area contributed by atoms with Gasteiger partial charge < -0.3 is 10.3 Å². The molecule has 1 aromatic heterocycles. The van der Waals surface area contributed by atoms with Crippen LogP contribution in [0.2, 0.25) is 0 Å². The van der Waals surface area contributed by atoms with Gasteiger partial charge in [0.1, 0.15) is 0 Å². The van der Waals surface area contributed by atoms with E-state index in [1.54, 1.807) is 0 Å². The smallest absolute Gasteiger partial charge is 0.0387 e. The molecule has 0 radical (unpaired) electrons. The minimum absolute atomic E-state index is 0.737. The number of rotatable bonds is 4. The molecular formula is C14H25N3. The van der Waals surface area contributed by atoms with E-state index in [2.05, 4.69) is 28.6 Å². The zero-order valence-corrected chi connectivity index (χ0v) is 11.0. The average Bonchev–Trinajstić information content (AvgIpc) is 2.57. The van der Waals surface area contributed by atoms with Gasteiger partial charge in [-0.05, 0) is 51.0 Å². The lowest BCUT2D eigenvalue weighted by atomic mass is 10.2. The quantitative estimate of drug-likeness (QED) is 0.865. The van der Waals surface area contributed by atoms with E-state index in [4.69, 9.17) is 5.73 Å². The molecule has 0 aromatic carbocycles. The summed E-state index contributed by atoms with van der Waals surface area (Å²) in [6.45, 7) is 4.36. The Balaban J connectivity index is 1.97. The molecule has 0 bridgehead atoms. The van der Waals surface area contributed by atoms with Gasteiger partial charge in [0.25, 0.3) is 0 Å². The average molecular weight is 235 g/mol. The van der Waals surface area contributed by atoms with Crippen LogP contribution in [0.15, 0.2) is 12.1 Å². The van der Waals surface area contributed by atoms with Crippen LogP contribution in [0.1, 0.15) is 37.1 Å². The molecule has 1 fully saturated rings. The van der Waals surface area contributed by atoms with E-state index in [0.717, 1.165) is 19.5 Å². The standard InChI is InChI=1S/C14H25N3/c1-16-13(8-9-15)6-7-14(16)12-17-10-4-2-3-5-11-17/h6-7H,2-5,8-12,15H2,1H3. The summed E-state index contributed by atoms with van der Waals surface area (Å²) in [6.07, 6.45) is 6.51. The number of aromatic nitrogens is 1. The zero-order chi connectivity index (χ0) is 12.1. The normalized spacial score (nSPS) is 18.2. The summed E-state index contributed by atoms with van der Waals surface area (Å²) in [7, 11) is 2.16. The van der Waals surface area contributed by atoms with Gasteiger partial charge in [0, 0.05) is 25.0 Å². The maximum atomic E-state index is 5.62. The van der Waals surface area contributed by atoms with Crippen molar-refractivity contribution < 1.29 is 0 Å². The molecule has 17 heavy (non-hydrogen) atoms. The topological polar surface area (TPSA) is 34.2 Å². The van der Waals surface area contributed by atoms with Crippen molar-refractivity contribution in [2.24, 2.45) is 12.8 Å². The number of hydrogen-bond donors (Lipinski definition) is 1. The lowest BCUT2D eigenvalue weighted by Crippen LogP contribution is -2.25. The van der Waals surface area contributed by atoms with Crippen molar-refractivity contribution in [3.63, 3.8) is 0 Å². The highest BCUT2D eigenvalue weighted by Gasteiger charge is 2.12. The molecule has 0 aliphatic carbocycles. The second kappa shape index (κ2) is 6.22. The molecule has 3 nitrogen and oxygen atoms in total. The van der Waals surface area contributed by atoms with Crippen molar-refractivity contribution in [2.45, 2.75) is 38.6 Å². The molecule has 1 aliphatic rings. The van der Waals surface area contributed by atoms with Gasteiger partial charge >= 0.3 is 0 Å².